The number of aromatic nitrogens is 2. The van der Waals surface area contributed by atoms with E-state index in [2.05, 4.69) is 16.0 Å². The molecular formula is C20H12ClN3O. The van der Waals surface area contributed by atoms with E-state index in [1.807, 2.05) is 60.7 Å². The normalized spacial score (nSPS) is 11.6. The van der Waals surface area contributed by atoms with Crippen LogP contribution in [0.5, 0.6) is 0 Å². The molecule has 0 amide bonds. The molecule has 0 aliphatic carbocycles. The average Bonchev–Trinajstić information content (AvgIpc) is 3.26. The Morgan fingerprint density at radius 2 is 2.00 bits per heavy atom. The molecule has 0 saturated heterocycles. The maximum atomic E-state index is 9.49. The van der Waals surface area contributed by atoms with Gasteiger partial charge in [0.15, 0.2) is 0 Å². The molecule has 0 radical (unpaired) electrons. The number of nitrogens with zero attached hydrogens (tertiary/aromatic N) is 2. The van der Waals surface area contributed by atoms with Crippen molar-refractivity contribution >= 4 is 34.3 Å². The van der Waals surface area contributed by atoms with Crippen LogP contribution in [0.4, 0.5) is 0 Å². The molecule has 0 saturated carbocycles. The SMILES string of the molecule is N#C/C(=C\c1ccc(-c2cccc(Cl)c2)o1)c1nc2ccccc2[nH]1. The first-order valence-corrected chi connectivity index (χ1v) is 8.03. The molecule has 4 nitrogen and oxygen atoms in total. The van der Waals surface area contributed by atoms with Crippen LogP contribution in [0.3, 0.4) is 0 Å². The number of nitriles is 1. The molecule has 2 aromatic carbocycles. The number of furan rings is 1. The summed E-state index contributed by atoms with van der Waals surface area (Å²) in [6.07, 6.45) is 1.67. The van der Waals surface area contributed by atoms with Gasteiger partial charge in [-0.1, -0.05) is 35.9 Å². The van der Waals surface area contributed by atoms with Gasteiger partial charge in [0.05, 0.1) is 16.6 Å². The second-order valence-corrected chi connectivity index (χ2v) is 5.92. The van der Waals surface area contributed by atoms with Crippen molar-refractivity contribution in [2.75, 3.05) is 0 Å². The van der Waals surface area contributed by atoms with Gasteiger partial charge in [0.1, 0.15) is 23.4 Å². The number of hydrogen-bond acceptors (Lipinski definition) is 3. The predicted octanol–water partition coefficient (Wildman–Crippen LogP) is 5.54. The lowest BCUT2D eigenvalue weighted by Crippen LogP contribution is -1.84. The Kier molecular flexibility index (Phi) is 3.85. The van der Waals surface area contributed by atoms with E-state index in [4.69, 9.17) is 16.0 Å². The van der Waals surface area contributed by atoms with Crippen molar-refractivity contribution < 1.29 is 4.42 Å². The molecule has 0 spiro atoms. The molecule has 2 heterocycles. The fourth-order valence-corrected chi connectivity index (χ4v) is 2.79. The summed E-state index contributed by atoms with van der Waals surface area (Å²) in [7, 11) is 0. The molecular weight excluding hydrogens is 334 g/mol. The smallest absolute Gasteiger partial charge is 0.149 e. The number of aromatic amines is 1. The number of para-hydroxylation sites is 2. The summed E-state index contributed by atoms with van der Waals surface area (Å²) in [6, 6.07) is 20.9. The molecule has 4 rings (SSSR count). The highest BCUT2D eigenvalue weighted by atomic mass is 35.5. The topological polar surface area (TPSA) is 65.6 Å². The van der Waals surface area contributed by atoms with E-state index >= 15 is 0 Å². The van der Waals surface area contributed by atoms with Crippen LogP contribution >= 0.6 is 11.6 Å². The molecule has 0 unspecified atom stereocenters. The van der Waals surface area contributed by atoms with Crippen LogP contribution in [0.1, 0.15) is 11.6 Å². The van der Waals surface area contributed by atoms with E-state index < -0.39 is 0 Å². The zero-order chi connectivity index (χ0) is 17.2. The number of hydrogen-bond donors (Lipinski definition) is 1. The number of halogens is 1. The third kappa shape index (κ3) is 3.06. The maximum absolute atomic E-state index is 9.49. The van der Waals surface area contributed by atoms with Gasteiger partial charge < -0.3 is 9.40 Å². The number of allylic oxidation sites excluding steroid dienone is 1. The van der Waals surface area contributed by atoms with Crippen molar-refractivity contribution in [1.29, 1.82) is 5.26 Å². The second-order valence-electron chi connectivity index (χ2n) is 5.48. The number of benzene rings is 2. The van der Waals surface area contributed by atoms with E-state index in [1.165, 1.54) is 0 Å². The monoisotopic (exact) mass is 345 g/mol. The lowest BCUT2D eigenvalue weighted by atomic mass is 10.2. The summed E-state index contributed by atoms with van der Waals surface area (Å²) in [5, 5.41) is 10.1. The standard InChI is InChI=1S/C20H12ClN3O/c21-15-5-3-4-13(10-15)19-9-8-16(25-19)11-14(12-22)20-23-17-6-1-2-7-18(17)24-20/h1-11H,(H,23,24)/b14-11+. The molecule has 4 aromatic rings. The van der Waals surface area contributed by atoms with Gasteiger partial charge in [0.25, 0.3) is 0 Å². The minimum atomic E-state index is 0.406. The second kappa shape index (κ2) is 6.31. The Hall–Kier alpha value is -3.29. The summed E-state index contributed by atoms with van der Waals surface area (Å²) in [4.78, 5) is 7.60. The number of fused-ring (bicyclic) bond motifs is 1. The first-order chi connectivity index (χ1) is 12.2. The Morgan fingerprint density at radius 3 is 2.80 bits per heavy atom. The van der Waals surface area contributed by atoms with E-state index in [1.54, 1.807) is 6.08 Å². The van der Waals surface area contributed by atoms with Gasteiger partial charge in [-0.25, -0.2) is 4.98 Å². The van der Waals surface area contributed by atoms with Crippen LogP contribution in [0.15, 0.2) is 65.1 Å². The first kappa shape index (κ1) is 15.3. The van der Waals surface area contributed by atoms with Gasteiger partial charge in [-0.2, -0.15) is 5.26 Å². The molecule has 5 heteroatoms. The molecule has 2 aromatic heterocycles. The van der Waals surface area contributed by atoms with Gasteiger partial charge in [0, 0.05) is 16.7 Å². The van der Waals surface area contributed by atoms with Crippen molar-refractivity contribution in [2.45, 2.75) is 0 Å². The van der Waals surface area contributed by atoms with Crippen LogP contribution in [-0.2, 0) is 0 Å². The van der Waals surface area contributed by atoms with Crippen molar-refractivity contribution in [3.63, 3.8) is 0 Å². The highest BCUT2D eigenvalue weighted by molar-refractivity contribution is 6.30. The molecule has 0 aliphatic rings. The number of nitrogens with one attached hydrogen (secondary N) is 1. The molecule has 0 aliphatic heterocycles. The highest BCUT2D eigenvalue weighted by Gasteiger charge is 2.10. The van der Waals surface area contributed by atoms with Crippen molar-refractivity contribution in [3.05, 3.63) is 77.3 Å². The van der Waals surface area contributed by atoms with Crippen LogP contribution in [0.2, 0.25) is 5.02 Å². The molecule has 0 atom stereocenters. The first-order valence-electron chi connectivity index (χ1n) is 7.65. The lowest BCUT2D eigenvalue weighted by Gasteiger charge is -1.97. The van der Waals surface area contributed by atoms with E-state index in [0.29, 0.717) is 27.9 Å². The molecule has 1 N–H and O–H groups in total. The zero-order valence-corrected chi connectivity index (χ0v) is 13.8. The van der Waals surface area contributed by atoms with Crippen LogP contribution in [-0.4, -0.2) is 9.97 Å². The van der Waals surface area contributed by atoms with Gasteiger partial charge in [-0.15, -0.1) is 0 Å². The van der Waals surface area contributed by atoms with Gasteiger partial charge in [-0.3, -0.25) is 0 Å². The number of imidazole rings is 1. The largest absolute Gasteiger partial charge is 0.457 e. The van der Waals surface area contributed by atoms with Gasteiger partial charge >= 0.3 is 0 Å². The minimum Gasteiger partial charge on any atom is -0.457 e. The van der Waals surface area contributed by atoms with E-state index in [-0.39, 0.29) is 0 Å². The van der Waals surface area contributed by atoms with Crippen molar-refractivity contribution in [2.24, 2.45) is 0 Å². The van der Waals surface area contributed by atoms with Gasteiger partial charge in [0.2, 0.25) is 0 Å². The minimum absolute atomic E-state index is 0.406. The third-order valence-corrected chi connectivity index (χ3v) is 4.02. The van der Waals surface area contributed by atoms with Crippen LogP contribution < -0.4 is 0 Å². The molecule has 0 fully saturated rings. The zero-order valence-electron chi connectivity index (χ0n) is 13.0. The van der Waals surface area contributed by atoms with Crippen molar-refractivity contribution in [1.82, 2.24) is 9.97 Å². The fraction of sp³-hybridized carbons (Fsp3) is 0. The third-order valence-electron chi connectivity index (χ3n) is 3.79. The molecule has 0 bridgehead atoms. The van der Waals surface area contributed by atoms with Crippen LogP contribution in [0, 0.1) is 11.3 Å². The lowest BCUT2D eigenvalue weighted by molar-refractivity contribution is 0.572. The Bertz CT molecular complexity index is 1100. The van der Waals surface area contributed by atoms with E-state index in [0.717, 1.165) is 16.6 Å². The average molecular weight is 346 g/mol. The summed E-state index contributed by atoms with van der Waals surface area (Å²) >= 11 is 6.02. The highest BCUT2D eigenvalue weighted by Crippen LogP contribution is 2.27. The number of rotatable bonds is 3. The predicted molar refractivity (Wildman–Crippen MR) is 98.7 cm³/mol. The fourth-order valence-electron chi connectivity index (χ4n) is 2.60. The summed E-state index contributed by atoms with van der Waals surface area (Å²) < 4.78 is 5.82. The Balaban J connectivity index is 1.70. The van der Waals surface area contributed by atoms with Crippen LogP contribution in [0.25, 0.3) is 34.0 Å². The Labute approximate surface area is 149 Å². The maximum Gasteiger partial charge on any atom is 0.149 e. The summed E-state index contributed by atoms with van der Waals surface area (Å²) in [6.45, 7) is 0. The summed E-state index contributed by atoms with van der Waals surface area (Å²) in [5.74, 6) is 1.78. The quantitative estimate of drug-likeness (QED) is 0.496. The number of H-pyrrole nitrogens is 1. The van der Waals surface area contributed by atoms with E-state index in [9.17, 15) is 5.26 Å². The molecule has 25 heavy (non-hydrogen) atoms. The molecule has 120 valence electrons. The summed E-state index contributed by atoms with van der Waals surface area (Å²) in [5.41, 5.74) is 2.99. The van der Waals surface area contributed by atoms with Crippen molar-refractivity contribution in [3.8, 4) is 17.4 Å². The Morgan fingerprint density at radius 1 is 1.12 bits per heavy atom. The van der Waals surface area contributed by atoms with Gasteiger partial charge in [-0.05, 0) is 36.4 Å².